The van der Waals surface area contributed by atoms with Gasteiger partial charge >= 0.3 is 0 Å². The summed E-state index contributed by atoms with van der Waals surface area (Å²) in [5.74, 6) is 0. The number of benzene rings is 2. The van der Waals surface area contributed by atoms with Crippen molar-refractivity contribution in [3.05, 3.63) is 71.3 Å². The zero-order valence-corrected chi connectivity index (χ0v) is 9.69. The summed E-state index contributed by atoms with van der Waals surface area (Å²) >= 11 is 0. The first-order chi connectivity index (χ1) is 8.33. The van der Waals surface area contributed by atoms with Crippen LogP contribution in [-0.4, -0.2) is 12.3 Å². The lowest BCUT2D eigenvalue weighted by molar-refractivity contribution is 0.966. The minimum atomic E-state index is 0.564. The highest BCUT2D eigenvalue weighted by molar-refractivity contribution is 6.11. The average molecular weight is 224 g/mol. The average Bonchev–Trinajstić information content (AvgIpc) is 2.40. The van der Waals surface area contributed by atoms with E-state index in [1.54, 1.807) is 0 Å². The van der Waals surface area contributed by atoms with E-state index < -0.39 is 0 Å². The van der Waals surface area contributed by atoms with Crippen LogP contribution >= 0.6 is 0 Å². The first-order valence-electron chi connectivity index (χ1n) is 5.75. The third kappa shape index (κ3) is 2.60. The van der Waals surface area contributed by atoms with Crippen LogP contribution in [0.5, 0.6) is 0 Å². The molecule has 0 radical (unpaired) electrons. The molecule has 86 valence electrons. The minimum Gasteiger partial charge on any atom is -0.330 e. The van der Waals surface area contributed by atoms with Crippen molar-refractivity contribution >= 4 is 5.71 Å². The van der Waals surface area contributed by atoms with Crippen molar-refractivity contribution in [2.75, 3.05) is 6.54 Å². The Bertz CT molecular complexity index is 503. The van der Waals surface area contributed by atoms with Gasteiger partial charge in [0.05, 0.1) is 5.71 Å². The fourth-order valence-electron chi connectivity index (χ4n) is 1.90. The van der Waals surface area contributed by atoms with Gasteiger partial charge in [0.2, 0.25) is 0 Å². The molecule has 2 aromatic rings. The van der Waals surface area contributed by atoms with Gasteiger partial charge < -0.3 is 5.73 Å². The lowest BCUT2D eigenvalue weighted by atomic mass is 9.96. The van der Waals surface area contributed by atoms with Gasteiger partial charge in [-0.2, -0.15) is 0 Å². The van der Waals surface area contributed by atoms with Gasteiger partial charge in [-0.3, -0.25) is 5.41 Å². The molecule has 0 saturated heterocycles. The largest absolute Gasteiger partial charge is 0.330 e. The molecule has 0 aliphatic heterocycles. The molecule has 17 heavy (non-hydrogen) atoms. The number of hydrogen-bond donors (Lipinski definition) is 2. The van der Waals surface area contributed by atoms with Gasteiger partial charge in [0, 0.05) is 11.1 Å². The van der Waals surface area contributed by atoms with E-state index in [0.29, 0.717) is 12.3 Å². The van der Waals surface area contributed by atoms with Crippen LogP contribution in [0.1, 0.15) is 16.7 Å². The maximum atomic E-state index is 8.25. The molecule has 0 bridgehead atoms. The van der Waals surface area contributed by atoms with Crippen LogP contribution in [0.4, 0.5) is 0 Å². The lowest BCUT2D eigenvalue weighted by Gasteiger charge is -2.10. The SMILES string of the molecule is N=C(c1ccccc1)c1ccccc1CCN. The maximum absolute atomic E-state index is 8.25. The summed E-state index contributed by atoms with van der Waals surface area (Å²) in [6, 6.07) is 17.8. The molecule has 3 N–H and O–H groups in total. The molecule has 0 heterocycles. The molecule has 0 aliphatic carbocycles. The predicted octanol–water partition coefficient (Wildman–Crippen LogP) is 2.60. The fraction of sp³-hybridized carbons (Fsp3) is 0.133. The zero-order valence-electron chi connectivity index (χ0n) is 9.69. The van der Waals surface area contributed by atoms with E-state index in [-0.39, 0.29) is 0 Å². The van der Waals surface area contributed by atoms with Gasteiger partial charge in [-0.05, 0) is 18.5 Å². The molecule has 0 aliphatic rings. The molecular weight excluding hydrogens is 208 g/mol. The van der Waals surface area contributed by atoms with E-state index in [0.717, 1.165) is 23.1 Å². The molecule has 2 nitrogen and oxygen atoms in total. The predicted molar refractivity (Wildman–Crippen MR) is 71.6 cm³/mol. The molecule has 0 amide bonds. The molecule has 0 saturated carbocycles. The Labute approximate surface area is 102 Å². The van der Waals surface area contributed by atoms with Crippen molar-refractivity contribution < 1.29 is 0 Å². The van der Waals surface area contributed by atoms with Crippen molar-refractivity contribution in [1.29, 1.82) is 5.41 Å². The van der Waals surface area contributed by atoms with Crippen molar-refractivity contribution in [1.82, 2.24) is 0 Å². The highest BCUT2D eigenvalue weighted by Gasteiger charge is 2.08. The highest BCUT2D eigenvalue weighted by atomic mass is 14.5. The summed E-state index contributed by atoms with van der Waals surface area (Å²) in [5.41, 5.74) is 9.22. The quantitative estimate of drug-likeness (QED) is 0.770. The van der Waals surface area contributed by atoms with E-state index in [2.05, 4.69) is 0 Å². The monoisotopic (exact) mass is 224 g/mol. The first-order valence-corrected chi connectivity index (χ1v) is 5.75. The summed E-state index contributed by atoms with van der Waals surface area (Å²) in [7, 11) is 0. The van der Waals surface area contributed by atoms with E-state index >= 15 is 0 Å². The summed E-state index contributed by atoms with van der Waals surface area (Å²) in [4.78, 5) is 0. The summed E-state index contributed by atoms with van der Waals surface area (Å²) in [6.07, 6.45) is 0.811. The van der Waals surface area contributed by atoms with Crippen molar-refractivity contribution in [3.8, 4) is 0 Å². The van der Waals surface area contributed by atoms with Crippen LogP contribution in [0, 0.1) is 5.41 Å². The van der Waals surface area contributed by atoms with Crippen LogP contribution in [-0.2, 0) is 6.42 Å². The summed E-state index contributed by atoms with van der Waals surface area (Å²) < 4.78 is 0. The zero-order chi connectivity index (χ0) is 12.1. The molecule has 2 heteroatoms. The van der Waals surface area contributed by atoms with Crippen molar-refractivity contribution in [3.63, 3.8) is 0 Å². The number of rotatable bonds is 4. The molecular formula is C15H16N2. The van der Waals surface area contributed by atoms with Crippen LogP contribution in [0.15, 0.2) is 54.6 Å². The standard InChI is InChI=1S/C15H16N2/c16-11-10-12-6-4-5-9-14(12)15(17)13-7-2-1-3-8-13/h1-9,17H,10-11,16H2. The Hall–Kier alpha value is -1.93. The molecule has 2 aromatic carbocycles. The van der Waals surface area contributed by atoms with Gasteiger partial charge in [-0.25, -0.2) is 0 Å². The number of hydrogen-bond acceptors (Lipinski definition) is 2. The van der Waals surface area contributed by atoms with Gasteiger partial charge in [0.1, 0.15) is 0 Å². The van der Waals surface area contributed by atoms with E-state index in [1.807, 2.05) is 54.6 Å². The van der Waals surface area contributed by atoms with Crippen LogP contribution in [0.3, 0.4) is 0 Å². The Morgan fingerprint density at radius 1 is 0.941 bits per heavy atom. The summed E-state index contributed by atoms with van der Waals surface area (Å²) in [6.45, 7) is 0.610. The smallest absolute Gasteiger partial charge is 0.0687 e. The lowest BCUT2D eigenvalue weighted by Crippen LogP contribution is -2.09. The third-order valence-electron chi connectivity index (χ3n) is 2.76. The number of nitrogens with one attached hydrogen (secondary N) is 1. The number of nitrogens with two attached hydrogens (primary N) is 1. The van der Waals surface area contributed by atoms with Crippen LogP contribution < -0.4 is 5.73 Å². The second-order valence-electron chi connectivity index (χ2n) is 3.94. The van der Waals surface area contributed by atoms with Gasteiger partial charge in [-0.15, -0.1) is 0 Å². The van der Waals surface area contributed by atoms with E-state index in [1.165, 1.54) is 0 Å². The molecule has 2 rings (SSSR count). The second-order valence-corrected chi connectivity index (χ2v) is 3.94. The van der Waals surface area contributed by atoms with Crippen molar-refractivity contribution in [2.24, 2.45) is 5.73 Å². The first kappa shape index (κ1) is 11.6. The normalized spacial score (nSPS) is 10.2. The topological polar surface area (TPSA) is 49.9 Å². The molecule has 0 spiro atoms. The maximum Gasteiger partial charge on any atom is 0.0687 e. The molecule has 0 unspecified atom stereocenters. The Kier molecular flexibility index (Phi) is 3.68. The van der Waals surface area contributed by atoms with Gasteiger partial charge in [-0.1, -0.05) is 54.6 Å². The van der Waals surface area contributed by atoms with E-state index in [9.17, 15) is 0 Å². The van der Waals surface area contributed by atoms with Crippen molar-refractivity contribution in [2.45, 2.75) is 6.42 Å². The highest BCUT2D eigenvalue weighted by Crippen LogP contribution is 2.14. The molecule has 0 aromatic heterocycles. The van der Waals surface area contributed by atoms with Gasteiger partial charge in [0.25, 0.3) is 0 Å². The van der Waals surface area contributed by atoms with Crippen LogP contribution in [0.25, 0.3) is 0 Å². The fourth-order valence-corrected chi connectivity index (χ4v) is 1.90. The van der Waals surface area contributed by atoms with E-state index in [4.69, 9.17) is 11.1 Å². The second kappa shape index (κ2) is 5.41. The Morgan fingerprint density at radius 2 is 1.59 bits per heavy atom. The van der Waals surface area contributed by atoms with Crippen LogP contribution in [0.2, 0.25) is 0 Å². The molecule has 0 fully saturated rings. The Morgan fingerprint density at radius 3 is 2.29 bits per heavy atom. The summed E-state index contributed by atoms with van der Waals surface area (Å²) in [5, 5.41) is 8.25. The minimum absolute atomic E-state index is 0.564. The third-order valence-corrected chi connectivity index (χ3v) is 2.76. The molecule has 0 atom stereocenters. The van der Waals surface area contributed by atoms with Gasteiger partial charge in [0.15, 0.2) is 0 Å². The Balaban J connectivity index is 2.37.